The van der Waals surface area contributed by atoms with Crippen molar-refractivity contribution in [2.45, 2.75) is 51.5 Å². The molecule has 9 heteroatoms. The van der Waals surface area contributed by atoms with Crippen LogP contribution in [0.5, 0.6) is 0 Å². The van der Waals surface area contributed by atoms with Gasteiger partial charge >= 0.3 is 5.76 Å². The molecule has 0 radical (unpaired) electrons. The number of carbonyl (C=O) groups excluding carboxylic acids is 1. The van der Waals surface area contributed by atoms with E-state index in [0.29, 0.717) is 18.6 Å². The summed E-state index contributed by atoms with van der Waals surface area (Å²) >= 11 is 0. The normalized spacial score (nSPS) is 14.8. The van der Waals surface area contributed by atoms with Crippen LogP contribution in [0.4, 0.5) is 5.69 Å². The molecule has 0 atom stereocenters. The van der Waals surface area contributed by atoms with Gasteiger partial charge in [-0.15, -0.1) is 0 Å². The Labute approximate surface area is 186 Å². The minimum absolute atomic E-state index is 0.0785. The molecule has 4 rings (SSSR count). The summed E-state index contributed by atoms with van der Waals surface area (Å²) in [4.78, 5) is 25.0. The highest BCUT2D eigenvalue weighted by Gasteiger charge is 2.28. The van der Waals surface area contributed by atoms with Gasteiger partial charge in [0.2, 0.25) is 15.9 Å². The summed E-state index contributed by atoms with van der Waals surface area (Å²) in [5, 5.41) is 2.93. The van der Waals surface area contributed by atoms with E-state index >= 15 is 0 Å². The van der Waals surface area contributed by atoms with Gasteiger partial charge in [0.05, 0.1) is 10.4 Å². The predicted molar refractivity (Wildman–Crippen MR) is 122 cm³/mol. The maximum Gasteiger partial charge on any atom is 0.419 e. The summed E-state index contributed by atoms with van der Waals surface area (Å²) in [7, 11) is -3.61. The fourth-order valence-electron chi connectivity index (χ4n) is 4.29. The van der Waals surface area contributed by atoms with E-state index in [1.54, 1.807) is 6.07 Å². The number of anilines is 1. The third-order valence-electron chi connectivity index (χ3n) is 5.85. The molecule has 32 heavy (non-hydrogen) atoms. The number of sulfonamides is 1. The molecule has 1 aliphatic heterocycles. The summed E-state index contributed by atoms with van der Waals surface area (Å²) in [6.07, 6.45) is 1.77. The number of aryl methyl sites for hydroxylation is 4. The van der Waals surface area contributed by atoms with Crippen LogP contribution in [0, 0.1) is 20.8 Å². The molecule has 0 bridgehead atoms. The molecule has 1 aromatic heterocycles. The number of rotatable bonds is 6. The largest absolute Gasteiger partial charge is 0.419 e. The molecule has 2 aromatic carbocycles. The first-order chi connectivity index (χ1) is 15.2. The third-order valence-corrected chi connectivity index (χ3v) is 7.74. The van der Waals surface area contributed by atoms with Crippen LogP contribution in [-0.2, 0) is 21.4 Å². The molecular formula is C23H27N3O5S. The molecule has 0 unspecified atom stereocenters. The van der Waals surface area contributed by atoms with Gasteiger partial charge in [0.15, 0.2) is 5.58 Å². The Bertz CT molecular complexity index is 1320. The van der Waals surface area contributed by atoms with E-state index in [0.717, 1.165) is 35.2 Å². The van der Waals surface area contributed by atoms with Crippen molar-refractivity contribution >= 4 is 32.7 Å². The number of carbonyl (C=O) groups is 1. The Morgan fingerprint density at radius 1 is 1.06 bits per heavy atom. The lowest BCUT2D eigenvalue weighted by Crippen LogP contribution is -2.27. The first-order valence-corrected chi connectivity index (χ1v) is 12.1. The highest BCUT2D eigenvalue weighted by Crippen LogP contribution is 2.25. The van der Waals surface area contributed by atoms with E-state index < -0.39 is 15.8 Å². The van der Waals surface area contributed by atoms with Gasteiger partial charge in [0.25, 0.3) is 0 Å². The maximum atomic E-state index is 12.8. The van der Waals surface area contributed by atoms with Gasteiger partial charge in [-0.25, -0.2) is 13.2 Å². The number of nitrogens with one attached hydrogen (secondary N) is 1. The quantitative estimate of drug-likeness (QED) is 0.612. The first kappa shape index (κ1) is 22.3. The molecule has 1 N–H and O–H groups in total. The Hall–Kier alpha value is -2.91. The van der Waals surface area contributed by atoms with E-state index in [4.69, 9.17) is 4.42 Å². The van der Waals surface area contributed by atoms with Crippen LogP contribution in [-0.4, -0.2) is 36.3 Å². The van der Waals surface area contributed by atoms with Crippen molar-refractivity contribution in [1.29, 1.82) is 0 Å². The lowest BCUT2D eigenvalue weighted by Gasteiger charge is -2.15. The number of amides is 1. The van der Waals surface area contributed by atoms with Crippen molar-refractivity contribution in [3.05, 3.63) is 57.6 Å². The number of oxazole rings is 1. The third kappa shape index (κ3) is 4.22. The molecule has 1 amide bonds. The molecule has 1 fully saturated rings. The minimum Gasteiger partial charge on any atom is -0.408 e. The first-order valence-electron chi connectivity index (χ1n) is 10.7. The van der Waals surface area contributed by atoms with Crippen LogP contribution in [0.2, 0.25) is 0 Å². The molecule has 0 aliphatic carbocycles. The second-order valence-corrected chi connectivity index (χ2v) is 10.3. The molecule has 2 heterocycles. The number of hydrogen-bond donors (Lipinski definition) is 1. The average Bonchev–Trinajstić information content (AvgIpc) is 3.36. The lowest BCUT2D eigenvalue weighted by atomic mass is 10.1. The standard InChI is InChI=1S/C23H27N3O5S/c1-15-12-16(2)22(17(3)13-15)24-21(27)8-11-26-19-7-6-18(14-20(19)31-23(26)28)32(29,30)25-9-4-5-10-25/h6-7,12-14H,4-5,8-11H2,1-3H3,(H,24,27). The van der Waals surface area contributed by atoms with E-state index in [-0.39, 0.29) is 29.4 Å². The Kier molecular flexibility index (Phi) is 5.96. The number of fused-ring (bicyclic) bond motifs is 1. The molecule has 3 aromatic rings. The van der Waals surface area contributed by atoms with Gasteiger partial charge < -0.3 is 9.73 Å². The SMILES string of the molecule is Cc1cc(C)c(NC(=O)CCn2c(=O)oc3cc(S(=O)(=O)N4CCCC4)ccc32)c(C)c1. The van der Waals surface area contributed by atoms with Gasteiger partial charge in [0.1, 0.15) is 0 Å². The van der Waals surface area contributed by atoms with E-state index in [9.17, 15) is 18.0 Å². The summed E-state index contributed by atoms with van der Waals surface area (Å²) in [5.41, 5.74) is 4.52. The Morgan fingerprint density at radius 3 is 2.38 bits per heavy atom. The van der Waals surface area contributed by atoms with E-state index in [2.05, 4.69) is 5.32 Å². The number of benzene rings is 2. The smallest absolute Gasteiger partial charge is 0.408 e. The molecule has 8 nitrogen and oxygen atoms in total. The van der Waals surface area contributed by atoms with Crippen LogP contribution in [0.3, 0.4) is 0 Å². The average molecular weight is 458 g/mol. The minimum atomic E-state index is -3.61. The van der Waals surface area contributed by atoms with Crippen molar-refractivity contribution in [1.82, 2.24) is 8.87 Å². The van der Waals surface area contributed by atoms with E-state index in [1.807, 2.05) is 32.9 Å². The molecule has 170 valence electrons. The number of hydrogen-bond acceptors (Lipinski definition) is 5. The second-order valence-electron chi connectivity index (χ2n) is 8.33. The maximum absolute atomic E-state index is 12.8. The molecule has 0 saturated carbocycles. The monoisotopic (exact) mass is 457 g/mol. The van der Waals surface area contributed by atoms with Crippen molar-refractivity contribution in [2.24, 2.45) is 0 Å². The zero-order chi connectivity index (χ0) is 23.0. The van der Waals surface area contributed by atoms with E-state index in [1.165, 1.54) is 21.0 Å². The summed E-state index contributed by atoms with van der Waals surface area (Å²) in [6, 6.07) is 8.45. The van der Waals surface area contributed by atoms with Crippen LogP contribution >= 0.6 is 0 Å². The number of nitrogens with zero attached hydrogens (tertiary/aromatic N) is 2. The number of aromatic nitrogens is 1. The summed E-state index contributed by atoms with van der Waals surface area (Å²) in [6.45, 7) is 7.01. The van der Waals surface area contributed by atoms with Crippen molar-refractivity contribution in [3.63, 3.8) is 0 Å². The van der Waals surface area contributed by atoms with Crippen molar-refractivity contribution in [2.75, 3.05) is 18.4 Å². The topological polar surface area (TPSA) is 102 Å². The Morgan fingerprint density at radius 2 is 1.72 bits per heavy atom. The van der Waals surface area contributed by atoms with Crippen LogP contribution in [0.15, 0.2) is 44.4 Å². The zero-order valence-corrected chi connectivity index (χ0v) is 19.3. The fraction of sp³-hybridized carbons (Fsp3) is 0.391. The van der Waals surface area contributed by atoms with Gasteiger partial charge in [-0.1, -0.05) is 17.7 Å². The van der Waals surface area contributed by atoms with Crippen LogP contribution < -0.4 is 11.1 Å². The highest BCUT2D eigenvalue weighted by atomic mass is 32.2. The van der Waals surface area contributed by atoms with Crippen molar-refractivity contribution in [3.8, 4) is 0 Å². The van der Waals surface area contributed by atoms with Crippen LogP contribution in [0.1, 0.15) is 36.0 Å². The Balaban J connectivity index is 1.52. The second kappa shape index (κ2) is 8.55. The fourth-order valence-corrected chi connectivity index (χ4v) is 5.82. The molecule has 1 aliphatic rings. The lowest BCUT2D eigenvalue weighted by molar-refractivity contribution is -0.116. The van der Waals surface area contributed by atoms with Gasteiger partial charge in [-0.3, -0.25) is 9.36 Å². The van der Waals surface area contributed by atoms with Crippen LogP contribution in [0.25, 0.3) is 11.1 Å². The molecule has 1 saturated heterocycles. The molecule has 0 spiro atoms. The molecular weight excluding hydrogens is 430 g/mol. The van der Waals surface area contributed by atoms with Gasteiger partial charge in [-0.05, 0) is 56.9 Å². The summed E-state index contributed by atoms with van der Waals surface area (Å²) in [5.74, 6) is -0.833. The van der Waals surface area contributed by atoms with Gasteiger partial charge in [-0.2, -0.15) is 4.31 Å². The van der Waals surface area contributed by atoms with Gasteiger partial charge in [0, 0.05) is 37.8 Å². The van der Waals surface area contributed by atoms with Crippen molar-refractivity contribution < 1.29 is 17.6 Å². The highest BCUT2D eigenvalue weighted by molar-refractivity contribution is 7.89. The predicted octanol–water partition coefficient (Wildman–Crippen LogP) is 3.33. The zero-order valence-electron chi connectivity index (χ0n) is 18.5. The summed E-state index contributed by atoms with van der Waals surface area (Å²) < 4.78 is 33.7.